The van der Waals surface area contributed by atoms with E-state index in [9.17, 15) is 0 Å². The molecule has 2 nitrogen and oxygen atoms in total. The number of hydrogen-bond donors (Lipinski definition) is 0. The van der Waals surface area contributed by atoms with Crippen LogP contribution in [0.2, 0.25) is 0 Å². The predicted molar refractivity (Wildman–Crippen MR) is 60.8 cm³/mol. The molecule has 1 heterocycles. The smallest absolute Gasteiger partial charge is 0.164 e. The summed E-state index contributed by atoms with van der Waals surface area (Å²) in [6.07, 6.45) is 2.09. The van der Waals surface area contributed by atoms with E-state index in [4.69, 9.17) is 9.47 Å². The fraction of sp³-hybridized carbons (Fsp3) is 0.538. The Morgan fingerprint density at radius 3 is 2.87 bits per heavy atom. The van der Waals surface area contributed by atoms with Gasteiger partial charge in [0.05, 0.1) is 13.2 Å². The summed E-state index contributed by atoms with van der Waals surface area (Å²) in [6.45, 7) is 5.95. The van der Waals surface area contributed by atoms with E-state index in [2.05, 4.69) is 26.0 Å². The minimum atomic E-state index is 0.529. The van der Waals surface area contributed by atoms with Gasteiger partial charge >= 0.3 is 0 Å². The van der Waals surface area contributed by atoms with E-state index in [1.165, 1.54) is 5.56 Å². The SMILES string of the molecule is CCC(C)c1cccc2c1OCCCO2. The highest BCUT2D eigenvalue weighted by Crippen LogP contribution is 2.37. The minimum Gasteiger partial charge on any atom is -0.490 e. The van der Waals surface area contributed by atoms with Crippen LogP contribution in [0.15, 0.2) is 18.2 Å². The van der Waals surface area contributed by atoms with Gasteiger partial charge in [-0.25, -0.2) is 0 Å². The summed E-state index contributed by atoms with van der Waals surface area (Å²) >= 11 is 0. The second-order valence-corrected chi connectivity index (χ2v) is 4.03. The zero-order valence-electron chi connectivity index (χ0n) is 9.45. The van der Waals surface area contributed by atoms with Crippen LogP contribution in [0.3, 0.4) is 0 Å². The van der Waals surface area contributed by atoms with Gasteiger partial charge in [-0.05, 0) is 18.4 Å². The molecular formula is C13H18O2. The summed E-state index contributed by atoms with van der Waals surface area (Å²) in [5.74, 6) is 2.40. The van der Waals surface area contributed by atoms with Gasteiger partial charge in [-0.3, -0.25) is 0 Å². The molecule has 2 rings (SSSR count). The molecule has 1 unspecified atom stereocenters. The van der Waals surface area contributed by atoms with Crippen molar-refractivity contribution < 1.29 is 9.47 Å². The van der Waals surface area contributed by atoms with E-state index in [-0.39, 0.29) is 0 Å². The van der Waals surface area contributed by atoms with E-state index < -0.39 is 0 Å². The monoisotopic (exact) mass is 206 g/mol. The molecule has 0 saturated heterocycles. The second kappa shape index (κ2) is 4.56. The van der Waals surface area contributed by atoms with Crippen molar-refractivity contribution in [1.82, 2.24) is 0 Å². The molecule has 0 aromatic heterocycles. The van der Waals surface area contributed by atoms with Gasteiger partial charge in [0.25, 0.3) is 0 Å². The fourth-order valence-electron chi connectivity index (χ4n) is 1.82. The van der Waals surface area contributed by atoms with E-state index >= 15 is 0 Å². The van der Waals surface area contributed by atoms with E-state index in [1.807, 2.05) is 6.07 Å². The molecule has 0 amide bonds. The van der Waals surface area contributed by atoms with Crippen molar-refractivity contribution in [3.05, 3.63) is 23.8 Å². The summed E-state index contributed by atoms with van der Waals surface area (Å²) in [6, 6.07) is 6.18. The average molecular weight is 206 g/mol. The van der Waals surface area contributed by atoms with Gasteiger partial charge < -0.3 is 9.47 Å². The van der Waals surface area contributed by atoms with Gasteiger partial charge in [-0.1, -0.05) is 26.0 Å². The maximum Gasteiger partial charge on any atom is 0.164 e. The highest BCUT2D eigenvalue weighted by molar-refractivity contribution is 5.48. The van der Waals surface area contributed by atoms with Crippen LogP contribution in [-0.4, -0.2) is 13.2 Å². The van der Waals surface area contributed by atoms with Gasteiger partial charge in [-0.2, -0.15) is 0 Å². The van der Waals surface area contributed by atoms with Gasteiger partial charge in [0.2, 0.25) is 0 Å². The summed E-state index contributed by atoms with van der Waals surface area (Å²) in [5, 5.41) is 0. The van der Waals surface area contributed by atoms with Gasteiger partial charge in [0.1, 0.15) is 0 Å². The lowest BCUT2D eigenvalue weighted by molar-refractivity contribution is 0.295. The van der Waals surface area contributed by atoms with Crippen molar-refractivity contribution in [2.24, 2.45) is 0 Å². The molecule has 1 aliphatic rings. The van der Waals surface area contributed by atoms with Crippen LogP contribution in [0.1, 0.15) is 38.2 Å². The largest absolute Gasteiger partial charge is 0.490 e. The van der Waals surface area contributed by atoms with Gasteiger partial charge in [0.15, 0.2) is 11.5 Å². The van der Waals surface area contributed by atoms with Crippen LogP contribution in [-0.2, 0) is 0 Å². The maximum absolute atomic E-state index is 5.78. The third-order valence-electron chi connectivity index (χ3n) is 2.95. The molecule has 1 aliphatic heterocycles. The molecule has 15 heavy (non-hydrogen) atoms. The van der Waals surface area contributed by atoms with Crippen molar-refractivity contribution >= 4 is 0 Å². The molecule has 2 heteroatoms. The number of para-hydroxylation sites is 1. The van der Waals surface area contributed by atoms with E-state index in [1.54, 1.807) is 0 Å². The van der Waals surface area contributed by atoms with Gasteiger partial charge in [-0.15, -0.1) is 0 Å². The first-order valence-electron chi connectivity index (χ1n) is 5.71. The third kappa shape index (κ3) is 2.09. The van der Waals surface area contributed by atoms with Crippen LogP contribution < -0.4 is 9.47 Å². The first-order chi connectivity index (χ1) is 7.33. The molecular weight excluding hydrogens is 188 g/mol. The average Bonchev–Trinajstić information content (AvgIpc) is 2.52. The van der Waals surface area contributed by atoms with Gasteiger partial charge in [0, 0.05) is 12.0 Å². The summed E-state index contributed by atoms with van der Waals surface area (Å²) < 4.78 is 11.4. The molecule has 1 aromatic carbocycles. The first kappa shape index (κ1) is 10.3. The van der Waals surface area contributed by atoms with Crippen LogP contribution in [0.25, 0.3) is 0 Å². The zero-order valence-corrected chi connectivity index (χ0v) is 9.45. The molecule has 1 aromatic rings. The topological polar surface area (TPSA) is 18.5 Å². The van der Waals surface area contributed by atoms with Crippen molar-refractivity contribution in [3.63, 3.8) is 0 Å². The van der Waals surface area contributed by atoms with Crippen LogP contribution in [0.4, 0.5) is 0 Å². The second-order valence-electron chi connectivity index (χ2n) is 4.03. The third-order valence-corrected chi connectivity index (χ3v) is 2.95. The first-order valence-corrected chi connectivity index (χ1v) is 5.71. The highest BCUT2D eigenvalue weighted by atomic mass is 16.5. The lowest BCUT2D eigenvalue weighted by Gasteiger charge is -2.16. The van der Waals surface area contributed by atoms with Crippen molar-refractivity contribution in [3.8, 4) is 11.5 Å². The molecule has 0 aliphatic carbocycles. The van der Waals surface area contributed by atoms with E-state index in [0.29, 0.717) is 5.92 Å². The maximum atomic E-state index is 5.78. The number of hydrogen-bond acceptors (Lipinski definition) is 2. The quantitative estimate of drug-likeness (QED) is 0.738. The van der Waals surface area contributed by atoms with Crippen molar-refractivity contribution in [2.45, 2.75) is 32.6 Å². The number of benzene rings is 1. The normalized spacial score (nSPS) is 16.9. The van der Waals surface area contributed by atoms with E-state index in [0.717, 1.165) is 37.6 Å². The fourth-order valence-corrected chi connectivity index (χ4v) is 1.82. The van der Waals surface area contributed by atoms with Crippen molar-refractivity contribution in [1.29, 1.82) is 0 Å². The summed E-state index contributed by atoms with van der Waals surface area (Å²) in [5.41, 5.74) is 1.27. The summed E-state index contributed by atoms with van der Waals surface area (Å²) in [4.78, 5) is 0. The zero-order chi connectivity index (χ0) is 10.7. The molecule has 0 fully saturated rings. The molecule has 1 atom stereocenters. The lowest BCUT2D eigenvalue weighted by Crippen LogP contribution is -2.00. The Morgan fingerprint density at radius 2 is 2.07 bits per heavy atom. The Kier molecular flexibility index (Phi) is 3.14. The summed E-state index contributed by atoms with van der Waals surface area (Å²) in [7, 11) is 0. The molecule has 0 saturated carbocycles. The minimum absolute atomic E-state index is 0.529. The Labute approximate surface area is 91.2 Å². The standard InChI is InChI=1S/C13H18O2/c1-3-10(2)11-6-4-7-12-13(11)15-9-5-8-14-12/h4,6-7,10H,3,5,8-9H2,1-2H3. The Hall–Kier alpha value is -1.18. The van der Waals surface area contributed by atoms with Crippen LogP contribution in [0, 0.1) is 0 Å². The van der Waals surface area contributed by atoms with Crippen LogP contribution in [0.5, 0.6) is 11.5 Å². The Bertz CT molecular complexity index is 333. The molecule has 82 valence electrons. The molecule has 0 bridgehead atoms. The van der Waals surface area contributed by atoms with Crippen LogP contribution >= 0.6 is 0 Å². The Morgan fingerprint density at radius 1 is 1.27 bits per heavy atom. The highest BCUT2D eigenvalue weighted by Gasteiger charge is 2.17. The molecule has 0 radical (unpaired) electrons. The lowest BCUT2D eigenvalue weighted by atomic mass is 9.97. The molecule has 0 N–H and O–H groups in total. The molecule has 0 spiro atoms. The number of fused-ring (bicyclic) bond motifs is 1. The van der Waals surface area contributed by atoms with Crippen molar-refractivity contribution in [2.75, 3.05) is 13.2 Å². The number of rotatable bonds is 2. The Balaban J connectivity index is 2.38. The predicted octanol–water partition coefficient (Wildman–Crippen LogP) is 3.36. The number of ether oxygens (including phenoxy) is 2.